The second-order valence-corrected chi connectivity index (χ2v) is 6.14. The predicted molar refractivity (Wildman–Crippen MR) is 105 cm³/mol. The first kappa shape index (κ1) is 19.4. The summed E-state index contributed by atoms with van der Waals surface area (Å²) in [4.78, 5) is 12.4. The molecule has 3 N–H and O–H groups in total. The summed E-state index contributed by atoms with van der Waals surface area (Å²) < 4.78 is 5.61. The minimum Gasteiger partial charge on any atom is -0.494 e. The van der Waals surface area contributed by atoms with Crippen molar-refractivity contribution >= 4 is 5.91 Å². The molecule has 0 spiro atoms. The van der Waals surface area contributed by atoms with E-state index in [1.54, 1.807) is 6.08 Å². The zero-order chi connectivity index (χ0) is 18.8. The molecule has 0 heterocycles. The van der Waals surface area contributed by atoms with E-state index in [9.17, 15) is 4.79 Å². The van der Waals surface area contributed by atoms with Crippen molar-refractivity contribution in [2.75, 3.05) is 6.61 Å². The number of hydrogen-bond donors (Lipinski definition) is 2. The number of ether oxygens (including phenoxy) is 1. The van der Waals surface area contributed by atoms with Crippen molar-refractivity contribution in [1.29, 1.82) is 0 Å². The Bertz CT molecular complexity index is 749. The van der Waals surface area contributed by atoms with E-state index in [4.69, 9.17) is 16.9 Å². The molecule has 26 heavy (non-hydrogen) atoms. The molecule has 2 rings (SSSR count). The summed E-state index contributed by atoms with van der Waals surface area (Å²) in [5.74, 6) is 3.24. The highest BCUT2D eigenvalue weighted by atomic mass is 16.5. The Morgan fingerprint density at radius 1 is 1.35 bits per heavy atom. The molecule has 0 bridgehead atoms. The van der Waals surface area contributed by atoms with E-state index in [0.717, 1.165) is 24.2 Å². The maximum absolute atomic E-state index is 12.4. The summed E-state index contributed by atoms with van der Waals surface area (Å²) in [7, 11) is 0. The van der Waals surface area contributed by atoms with E-state index in [2.05, 4.69) is 18.2 Å². The van der Waals surface area contributed by atoms with Gasteiger partial charge in [-0.05, 0) is 36.6 Å². The van der Waals surface area contributed by atoms with Gasteiger partial charge in [0.25, 0.3) is 5.91 Å². The highest BCUT2D eigenvalue weighted by molar-refractivity contribution is 5.97. The Balaban J connectivity index is 1.86. The van der Waals surface area contributed by atoms with Crippen LogP contribution in [0, 0.1) is 12.3 Å². The SMILES string of the molecule is C#CCCCOc1ccc(CNC(=O)C2=C(N)CC(CC)=CC=C2)cc1. The van der Waals surface area contributed by atoms with Gasteiger partial charge in [0.05, 0.1) is 12.2 Å². The van der Waals surface area contributed by atoms with Crippen LogP contribution in [0.3, 0.4) is 0 Å². The van der Waals surface area contributed by atoms with Crippen molar-refractivity contribution < 1.29 is 9.53 Å². The molecular weight excluding hydrogens is 324 g/mol. The lowest BCUT2D eigenvalue weighted by molar-refractivity contribution is -0.117. The lowest BCUT2D eigenvalue weighted by Gasteiger charge is -2.10. The Morgan fingerprint density at radius 2 is 2.12 bits per heavy atom. The van der Waals surface area contributed by atoms with Crippen molar-refractivity contribution in [2.45, 2.75) is 39.2 Å². The van der Waals surface area contributed by atoms with Gasteiger partial charge in [0.2, 0.25) is 0 Å². The monoisotopic (exact) mass is 350 g/mol. The number of nitrogens with one attached hydrogen (secondary N) is 1. The van der Waals surface area contributed by atoms with E-state index < -0.39 is 0 Å². The van der Waals surface area contributed by atoms with Crippen molar-refractivity contribution in [2.24, 2.45) is 5.73 Å². The molecule has 0 unspecified atom stereocenters. The largest absolute Gasteiger partial charge is 0.494 e. The summed E-state index contributed by atoms with van der Waals surface area (Å²) >= 11 is 0. The van der Waals surface area contributed by atoms with Crippen LogP contribution in [0.4, 0.5) is 0 Å². The number of allylic oxidation sites excluding steroid dienone is 3. The van der Waals surface area contributed by atoms with E-state index in [1.807, 2.05) is 36.4 Å². The molecule has 136 valence electrons. The highest BCUT2D eigenvalue weighted by Gasteiger charge is 2.13. The normalized spacial score (nSPS) is 13.6. The average Bonchev–Trinajstić information content (AvgIpc) is 2.85. The van der Waals surface area contributed by atoms with Gasteiger partial charge in [-0.3, -0.25) is 4.79 Å². The van der Waals surface area contributed by atoms with E-state index in [-0.39, 0.29) is 5.91 Å². The maximum Gasteiger partial charge on any atom is 0.253 e. The fourth-order valence-corrected chi connectivity index (χ4v) is 2.60. The molecule has 0 atom stereocenters. The topological polar surface area (TPSA) is 64.3 Å². The quantitative estimate of drug-likeness (QED) is 0.556. The van der Waals surface area contributed by atoms with Gasteiger partial charge in [-0.25, -0.2) is 0 Å². The Kier molecular flexibility index (Phi) is 7.57. The third kappa shape index (κ3) is 5.86. The first-order valence-electron chi connectivity index (χ1n) is 8.92. The average molecular weight is 350 g/mol. The van der Waals surface area contributed by atoms with Gasteiger partial charge in [-0.15, -0.1) is 12.3 Å². The number of terminal acetylenes is 1. The van der Waals surface area contributed by atoms with E-state index >= 15 is 0 Å². The molecule has 1 aromatic carbocycles. The summed E-state index contributed by atoms with van der Waals surface area (Å²) in [5, 5.41) is 2.92. The molecule has 1 aromatic rings. The lowest BCUT2D eigenvalue weighted by atomic mass is 10.1. The summed E-state index contributed by atoms with van der Waals surface area (Å²) in [6, 6.07) is 7.67. The third-order valence-electron chi connectivity index (χ3n) is 4.17. The van der Waals surface area contributed by atoms with Gasteiger partial charge in [0, 0.05) is 25.1 Å². The van der Waals surface area contributed by atoms with Crippen molar-refractivity contribution in [3.05, 3.63) is 64.9 Å². The van der Waals surface area contributed by atoms with Crippen LogP contribution in [-0.2, 0) is 11.3 Å². The van der Waals surface area contributed by atoms with Crippen molar-refractivity contribution in [3.8, 4) is 18.1 Å². The second kappa shape index (κ2) is 10.1. The second-order valence-electron chi connectivity index (χ2n) is 6.14. The fourth-order valence-electron chi connectivity index (χ4n) is 2.60. The van der Waals surface area contributed by atoms with Crippen LogP contribution in [0.5, 0.6) is 5.75 Å². The minimum absolute atomic E-state index is 0.154. The van der Waals surface area contributed by atoms with Crippen LogP contribution in [0.1, 0.15) is 38.2 Å². The third-order valence-corrected chi connectivity index (χ3v) is 4.17. The molecule has 0 fully saturated rings. The summed E-state index contributed by atoms with van der Waals surface area (Å²) in [6.45, 7) is 3.13. The van der Waals surface area contributed by atoms with Crippen LogP contribution in [0.15, 0.2) is 59.3 Å². The van der Waals surface area contributed by atoms with Gasteiger partial charge in [-0.2, -0.15) is 0 Å². The number of nitrogens with two attached hydrogens (primary N) is 1. The number of unbranched alkanes of at least 4 members (excludes halogenated alkanes) is 1. The molecule has 4 nitrogen and oxygen atoms in total. The van der Waals surface area contributed by atoms with Crippen molar-refractivity contribution in [3.63, 3.8) is 0 Å². The zero-order valence-corrected chi connectivity index (χ0v) is 15.3. The lowest BCUT2D eigenvalue weighted by Crippen LogP contribution is -2.26. The molecule has 0 radical (unpaired) electrons. The first-order chi connectivity index (χ1) is 12.6. The van der Waals surface area contributed by atoms with Gasteiger partial charge in [-0.1, -0.05) is 36.8 Å². The Labute approximate surface area is 155 Å². The van der Waals surface area contributed by atoms with Crippen LogP contribution in [-0.4, -0.2) is 12.5 Å². The van der Waals surface area contributed by atoms with Crippen LogP contribution < -0.4 is 15.8 Å². The molecule has 0 saturated carbocycles. The van der Waals surface area contributed by atoms with E-state index in [0.29, 0.717) is 37.3 Å². The first-order valence-corrected chi connectivity index (χ1v) is 8.92. The molecule has 1 aliphatic carbocycles. The molecule has 1 aliphatic rings. The fraction of sp³-hybridized carbons (Fsp3) is 0.318. The van der Waals surface area contributed by atoms with Gasteiger partial charge in [0.1, 0.15) is 5.75 Å². The number of rotatable bonds is 8. The standard InChI is InChI=1S/C22H26N2O2/c1-3-5-6-14-26-19-12-10-18(11-13-19)16-24-22(25)20-9-7-8-17(4-2)15-21(20)23/h1,7-13H,4-6,14-16,23H2,2H3,(H,24,25). The highest BCUT2D eigenvalue weighted by Crippen LogP contribution is 2.19. The Hall–Kier alpha value is -2.93. The molecule has 0 aromatic heterocycles. The maximum atomic E-state index is 12.4. The number of carbonyl (C=O) groups excluding carboxylic acids is 1. The predicted octanol–water partition coefficient (Wildman–Crippen LogP) is 3.60. The Morgan fingerprint density at radius 3 is 2.81 bits per heavy atom. The van der Waals surface area contributed by atoms with Crippen LogP contribution in [0.2, 0.25) is 0 Å². The van der Waals surface area contributed by atoms with Gasteiger partial charge >= 0.3 is 0 Å². The van der Waals surface area contributed by atoms with Crippen molar-refractivity contribution in [1.82, 2.24) is 5.32 Å². The molecule has 1 amide bonds. The molecule has 0 saturated heterocycles. The number of benzene rings is 1. The van der Waals surface area contributed by atoms with E-state index in [1.165, 1.54) is 5.57 Å². The number of hydrogen-bond acceptors (Lipinski definition) is 3. The smallest absolute Gasteiger partial charge is 0.253 e. The number of carbonyl (C=O) groups is 1. The molecule has 4 heteroatoms. The molecular formula is C22H26N2O2. The minimum atomic E-state index is -0.154. The van der Waals surface area contributed by atoms with Crippen LogP contribution >= 0.6 is 0 Å². The molecule has 0 aliphatic heterocycles. The number of amides is 1. The van der Waals surface area contributed by atoms with Crippen LogP contribution in [0.25, 0.3) is 0 Å². The van der Waals surface area contributed by atoms with Gasteiger partial charge < -0.3 is 15.8 Å². The van der Waals surface area contributed by atoms with Gasteiger partial charge in [0.15, 0.2) is 0 Å². The zero-order valence-electron chi connectivity index (χ0n) is 15.3. The summed E-state index contributed by atoms with van der Waals surface area (Å²) in [5.41, 5.74) is 9.47. The summed E-state index contributed by atoms with van der Waals surface area (Å²) in [6.07, 6.45) is 14.0.